The van der Waals surface area contributed by atoms with Crippen molar-refractivity contribution in [3.05, 3.63) is 65.3 Å². The molecule has 0 spiro atoms. The first-order valence-corrected chi connectivity index (χ1v) is 12.2. The Hall–Kier alpha value is -3.26. The van der Waals surface area contributed by atoms with Crippen molar-refractivity contribution in [1.29, 1.82) is 0 Å². The quantitative estimate of drug-likeness (QED) is 0.477. The predicted molar refractivity (Wildman–Crippen MR) is 132 cm³/mol. The highest BCUT2D eigenvalue weighted by molar-refractivity contribution is 5.76. The molecule has 186 valence electrons. The van der Waals surface area contributed by atoms with E-state index in [1.165, 1.54) is 18.7 Å². The summed E-state index contributed by atoms with van der Waals surface area (Å²) in [6, 6.07) is 13.3. The third-order valence-electron chi connectivity index (χ3n) is 6.44. The van der Waals surface area contributed by atoms with Gasteiger partial charge < -0.3 is 14.6 Å². The van der Waals surface area contributed by atoms with E-state index in [1.807, 2.05) is 18.2 Å². The lowest BCUT2D eigenvalue weighted by atomic mass is 10.0. The molecule has 1 saturated heterocycles. The SMILES string of the molecule is COc1ccc(CN2CCC(NC(=O)CCc3nc(-c4ccc(C(C)C)cc4)no3)CC2)cc1F. The Bertz CT molecular complexity index is 1120. The van der Waals surface area contributed by atoms with Crippen molar-refractivity contribution < 1.29 is 18.4 Å². The second-order valence-electron chi connectivity index (χ2n) is 9.38. The van der Waals surface area contributed by atoms with Crippen LogP contribution in [0.2, 0.25) is 0 Å². The van der Waals surface area contributed by atoms with Gasteiger partial charge in [0.15, 0.2) is 11.6 Å². The Morgan fingerprint density at radius 3 is 2.60 bits per heavy atom. The predicted octanol–water partition coefficient (Wildman–Crippen LogP) is 4.72. The largest absolute Gasteiger partial charge is 0.494 e. The number of piperidine rings is 1. The first-order chi connectivity index (χ1) is 16.9. The molecule has 0 saturated carbocycles. The first kappa shape index (κ1) is 24.9. The van der Waals surface area contributed by atoms with Crippen LogP contribution in [-0.4, -0.2) is 47.2 Å². The first-order valence-electron chi connectivity index (χ1n) is 12.2. The van der Waals surface area contributed by atoms with Gasteiger partial charge in [0.05, 0.1) is 7.11 Å². The lowest BCUT2D eigenvalue weighted by Gasteiger charge is -2.32. The van der Waals surface area contributed by atoms with Gasteiger partial charge in [-0.05, 0) is 42.0 Å². The molecular weight excluding hydrogens is 447 g/mol. The van der Waals surface area contributed by atoms with Gasteiger partial charge in [-0.25, -0.2) is 4.39 Å². The van der Waals surface area contributed by atoms with Crippen LogP contribution in [0.15, 0.2) is 47.0 Å². The van der Waals surface area contributed by atoms with Crippen molar-refractivity contribution in [2.24, 2.45) is 0 Å². The fraction of sp³-hybridized carbons (Fsp3) is 0.444. The van der Waals surface area contributed by atoms with Gasteiger partial charge in [0, 0.05) is 44.1 Å². The van der Waals surface area contributed by atoms with Crippen LogP contribution in [0.5, 0.6) is 5.75 Å². The van der Waals surface area contributed by atoms with Crippen molar-refractivity contribution in [2.45, 2.75) is 58.0 Å². The van der Waals surface area contributed by atoms with Crippen LogP contribution in [0.4, 0.5) is 4.39 Å². The van der Waals surface area contributed by atoms with Gasteiger partial charge in [-0.15, -0.1) is 0 Å². The van der Waals surface area contributed by atoms with Crippen LogP contribution in [0.1, 0.15) is 56.0 Å². The molecule has 1 N–H and O–H groups in total. The van der Waals surface area contributed by atoms with Gasteiger partial charge in [-0.3, -0.25) is 9.69 Å². The number of hydrogen-bond acceptors (Lipinski definition) is 6. The molecule has 0 atom stereocenters. The van der Waals surface area contributed by atoms with Crippen molar-refractivity contribution in [2.75, 3.05) is 20.2 Å². The minimum Gasteiger partial charge on any atom is -0.494 e. The molecule has 35 heavy (non-hydrogen) atoms. The van der Waals surface area contributed by atoms with E-state index in [4.69, 9.17) is 9.26 Å². The van der Waals surface area contributed by atoms with Gasteiger partial charge in [0.1, 0.15) is 0 Å². The monoisotopic (exact) mass is 480 g/mol. The van der Waals surface area contributed by atoms with Gasteiger partial charge in [-0.1, -0.05) is 49.3 Å². The molecule has 8 heteroatoms. The number of nitrogens with zero attached hydrogens (tertiary/aromatic N) is 3. The topological polar surface area (TPSA) is 80.5 Å². The number of ether oxygens (including phenoxy) is 1. The summed E-state index contributed by atoms with van der Waals surface area (Å²) in [4.78, 5) is 19.2. The minimum atomic E-state index is -0.343. The molecule has 1 fully saturated rings. The van der Waals surface area contributed by atoms with Crippen LogP contribution in [-0.2, 0) is 17.8 Å². The van der Waals surface area contributed by atoms with Crippen LogP contribution < -0.4 is 10.1 Å². The van der Waals surface area contributed by atoms with E-state index in [2.05, 4.69) is 46.3 Å². The third-order valence-corrected chi connectivity index (χ3v) is 6.44. The number of nitrogens with one attached hydrogen (secondary N) is 1. The lowest BCUT2D eigenvalue weighted by Crippen LogP contribution is -2.44. The highest BCUT2D eigenvalue weighted by atomic mass is 19.1. The van der Waals surface area contributed by atoms with Crippen molar-refractivity contribution in [3.8, 4) is 17.1 Å². The molecule has 1 aliphatic rings. The maximum absolute atomic E-state index is 13.9. The Morgan fingerprint density at radius 2 is 1.94 bits per heavy atom. The maximum atomic E-state index is 13.9. The molecule has 1 aliphatic heterocycles. The molecule has 0 aliphatic carbocycles. The zero-order valence-corrected chi connectivity index (χ0v) is 20.6. The summed E-state index contributed by atoms with van der Waals surface area (Å²) < 4.78 is 24.3. The van der Waals surface area contributed by atoms with Gasteiger partial charge in [0.25, 0.3) is 0 Å². The number of carbonyl (C=O) groups is 1. The Labute approximate surface area is 205 Å². The zero-order valence-electron chi connectivity index (χ0n) is 20.6. The Balaban J connectivity index is 1.19. The number of likely N-dealkylation sites (tertiary alicyclic amines) is 1. The smallest absolute Gasteiger partial charge is 0.227 e. The van der Waals surface area contributed by atoms with Crippen molar-refractivity contribution in [1.82, 2.24) is 20.4 Å². The lowest BCUT2D eigenvalue weighted by molar-refractivity contribution is -0.122. The third kappa shape index (κ3) is 6.66. The van der Waals surface area contributed by atoms with Gasteiger partial charge >= 0.3 is 0 Å². The summed E-state index contributed by atoms with van der Waals surface area (Å²) >= 11 is 0. The molecule has 0 radical (unpaired) electrons. The summed E-state index contributed by atoms with van der Waals surface area (Å²) in [6.07, 6.45) is 2.44. The molecule has 7 nitrogen and oxygen atoms in total. The number of amides is 1. The number of aromatic nitrogens is 2. The number of halogens is 1. The maximum Gasteiger partial charge on any atom is 0.227 e. The molecule has 1 amide bonds. The number of aryl methyl sites for hydroxylation is 1. The standard InChI is InChI=1S/C27H33FN4O3/c1-18(2)20-5-7-21(8-6-20)27-30-26(35-31-27)11-10-25(33)29-22-12-14-32(15-13-22)17-19-4-9-24(34-3)23(28)16-19/h4-9,16,18,22H,10-15,17H2,1-3H3,(H,29,33). The number of hydrogen-bond donors (Lipinski definition) is 1. The molecule has 4 rings (SSSR count). The fourth-order valence-electron chi connectivity index (χ4n) is 4.31. The summed E-state index contributed by atoms with van der Waals surface area (Å²) in [5, 5.41) is 7.18. The molecule has 1 aromatic heterocycles. The Morgan fingerprint density at radius 1 is 1.20 bits per heavy atom. The Kier molecular flexibility index (Phi) is 8.13. The second kappa shape index (κ2) is 11.4. The number of rotatable bonds is 9. The van der Waals surface area contributed by atoms with Gasteiger partial charge in [0.2, 0.25) is 17.6 Å². The van der Waals surface area contributed by atoms with E-state index in [0.717, 1.165) is 37.1 Å². The highest BCUT2D eigenvalue weighted by Gasteiger charge is 2.21. The summed E-state index contributed by atoms with van der Waals surface area (Å²) in [7, 11) is 1.46. The molecule has 0 unspecified atom stereocenters. The average molecular weight is 481 g/mol. The number of methoxy groups -OCH3 is 1. The zero-order chi connectivity index (χ0) is 24.8. The molecular formula is C27H33FN4O3. The van der Waals surface area contributed by atoms with Crippen LogP contribution in [0.3, 0.4) is 0 Å². The summed E-state index contributed by atoms with van der Waals surface area (Å²) in [5.74, 6) is 1.37. The summed E-state index contributed by atoms with van der Waals surface area (Å²) in [5.41, 5.74) is 3.08. The van der Waals surface area contributed by atoms with Crippen LogP contribution in [0, 0.1) is 5.82 Å². The van der Waals surface area contributed by atoms with E-state index in [0.29, 0.717) is 37.0 Å². The van der Waals surface area contributed by atoms with E-state index < -0.39 is 0 Å². The van der Waals surface area contributed by atoms with E-state index >= 15 is 0 Å². The van der Waals surface area contributed by atoms with Crippen LogP contribution in [0.25, 0.3) is 11.4 Å². The normalized spacial score (nSPS) is 14.9. The molecule has 0 bridgehead atoms. The van der Waals surface area contributed by atoms with E-state index in [9.17, 15) is 9.18 Å². The fourth-order valence-corrected chi connectivity index (χ4v) is 4.31. The number of benzene rings is 2. The minimum absolute atomic E-state index is 0.0123. The van der Waals surface area contributed by atoms with Crippen LogP contribution >= 0.6 is 0 Å². The van der Waals surface area contributed by atoms with Gasteiger partial charge in [-0.2, -0.15) is 4.98 Å². The molecule has 2 aromatic carbocycles. The number of carbonyl (C=O) groups excluding carboxylic acids is 1. The molecule has 2 heterocycles. The highest BCUT2D eigenvalue weighted by Crippen LogP contribution is 2.22. The van der Waals surface area contributed by atoms with E-state index in [-0.39, 0.29) is 23.5 Å². The molecule has 3 aromatic rings. The summed E-state index contributed by atoms with van der Waals surface area (Å²) in [6.45, 7) is 6.69. The average Bonchev–Trinajstić information content (AvgIpc) is 3.33. The van der Waals surface area contributed by atoms with E-state index in [1.54, 1.807) is 6.07 Å². The van der Waals surface area contributed by atoms with Crippen molar-refractivity contribution >= 4 is 5.91 Å². The second-order valence-corrected chi connectivity index (χ2v) is 9.38. The van der Waals surface area contributed by atoms with Crippen molar-refractivity contribution in [3.63, 3.8) is 0 Å².